The fourth-order valence-electron chi connectivity index (χ4n) is 1.58. The molecule has 22 heavy (non-hydrogen) atoms. The van der Waals surface area contributed by atoms with Gasteiger partial charge in [-0.05, 0) is 13.3 Å². The first kappa shape index (κ1) is 21.1. The van der Waals surface area contributed by atoms with Gasteiger partial charge in [0.1, 0.15) is 6.61 Å². The fraction of sp³-hybridized carbons (Fsp3) is 0.933. The third-order valence-corrected chi connectivity index (χ3v) is 2.78. The van der Waals surface area contributed by atoms with E-state index in [2.05, 4.69) is 11.7 Å². The Hall–Kier alpha value is -0.890. The summed E-state index contributed by atoms with van der Waals surface area (Å²) in [6.45, 7) is 7.85. The Morgan fingerprint density at radius 1 is 0.955 bits per heavy atom. The molecule has 0 spiro atoms. The smallest absolute Gasteiger partial charge is 0.450 e. The van der Waals surface area contributed by atoms with Crippen LogP contribution in [0.2, 0.25) is 0 Å². The first-order valence-electron chi connectivity index (χ1n) is 7.91. The van der Waals surface area contributed by atoms with Crippen molar-refractivity contribution in [2.75, 3.05) is 52.9 Å². The van der Waals surface area contributed by atoms with Gasteiger partial charge in [0.2, 0.25) is 0 Å². The van der Waals surface area contributed by atoms with Crippen molar-refractivity contribution in [2.24, 2.45) is 0 Å². The van der Waals surface area contributed by atoms with Gasteiger partial charge in [0.15, 0.2) is 0 Å². The van der Waals surface area contributed by atoms with Gasteiger partial charge in [0.05, 0.1) is 32.5 Å². The van der Waals surface area contributed by atoms with E-state index in [0.717, 1.165) is 12.8 Å². The molecule has 7 nitrogen and oxygen atoms in total. The van der Waals surface area contributed by atoms with Crippen LogP contribution in [-0.4, -0.2) is 70.2 Å². The highest BCUT2D eigenvalue weighted by atomic mass is 16.7. The van der Waals surface area contributed by atoms with Gasteiger partial charge in [0.25, 0.3) is 0 Å². The van der Waals surface area contributed by atoms with Crippen molar-refractivity contribution in [3.8, 4) is 0 Å². The van der Waals surface area contributed by atoms with E-state index in [1.54, 1.807) is 0 Å². The molecule has 0 aromatic heterocycles. The predicted molar refractivity (Wildman–Crippen MR) is 81.4 cm³/mol. The molecule has 0 saturated carbocycles. The van der Waals surface area contributed by atoms with Crippen LogP contribution in [0.25, 0.3) is 0 Å². The molecule has 1 unspecified atom stereocenters. The largest absolute Gasteiger partial charge is 0.505 e. The van der Waals surface area contributed by atoms with Crippen LogP contribution in [0.3, 0.4) is 0 Å². The number of carbonyl (C=O) groups is 1. The summed E-state index contributed by atoms with van der Waals surface area (Å²) in [4.78, 5) is 10.4. The van der Waals surface area contributed by atoms with Crippen LogP contribution in [0.15, 0.2) is 0 Å². The van der Waals surface area contributed by atoms with Gasteiger partial charge < -0.3 is 28.8 Å². The summed E-state index contributed by atoms with van der Waals surface area (Å²) in [6.07, 6.45) is 1.09. The molecule has 132 valence electrons. The van der Waals surface area contributed by atoms with Crippen molar-refractivity contribution in [1.29, 1.82) is 0 Å². The average Bonchev–Trinajstić information content (AvgIpc) is 2.50. The van der Waals surface area contributed by atoms with Crippen molar-refractivity contribution in [2.45, 2.75) is 39.2 Å². The zero-order valence-corrected chi connectivity index (χ0v) is 13.8. The molecule has 0 bridgehead atoms. The molecule has 0 aliphatic rings. The third-order valence-electron chi connectivity index (χ3n) is 2.78. The molecule has 0 fully saturated rings. The highest BCUT2D eigenvalue weighted by Gasteiger charge is 2.12. The number of unbranched alkanes of at least 4 members (excludes halogenated alkanes) is 1. The quantitative estimate of drug-likeness (QED) is 0.345. The summed E-state index contributed by atoms with van der Waals surface area (Å²) in [5, 5.41) is 8.55. The summed E-state index contributed by atoms with van der Waals surface area (Å²) in [5.41, 5.74) is 0. The van der Waals surface area contributed by atoms with Crippen molar-refractivity contribution in [3.63, 3.8) is 0 Å². The predicted octanol–water partition coefficient (Wildman–Crippen LogP) is 2.33. The highest BCUT2D eigenvalue weighted by molar-refractivity contribution is 5.56. The minimum atomic E-state index is -1.30. The van der Waals surface area contributed by atoms with E-state index in [-0.39, 0.29) is 12.7 Å². The molecule has 0 aromatic carbocycles. The topological polar surface area (TPSA) is 83.5 Å². The Morgan fingerprint density at radius 2 is 1.64 bits per heavy atom. The Labute approximate surface area is 132 Å². The molecule has 0 radical (unpaired) electrons. The minimum absolute atomic E-state index is 0.00537. The normalized spacial score (nSPS) is 12.3. The lowest BCUT2D eigenvalue weighted by Crippen LogP contribution is -2.25. The van der Waals surface area contributed by atoms with E-state index in [9.17, 15) is 4.79 Å². The van der Waals surface area contributed by atoms with Crippen LogP contribution >= 0.6 is 0 Å². The van der Waals surface area contributed by atoms with E-state index in [0.29, 0.717) is 52.7 Å². The zero-order valence-electron chi connectivity index (χ0n) is 13.8. The molecular formula is C15H30O7. The summed E-state index contributed by atoms with van der Waals surface area (Å²) in [6, 6.07) is 0. The number of hydrogen-bond donors (Lipinski definition) is 1. The molecule has 0 aliphatic carbocycles. The zero-order chi connectivity index (χ0) is 16.5. The first-order chi connectivity index (χ1) is 10.7. The van der Waals surface area contributed by atoms with E-state index in [4.69, 9.17) is 24.1 Å². The van der Waals surface area contributed by atoms with Crippen molar-refractivity contribution in [1.82, 2.24) is 0 Å². The number of hydrogen-bond acceptors (Lipinski definition) is 6. The lowest BCUT2D eigenvalue weighted by atomic mass is 10.3. The summed E-state index contributed by atoms with van der Waals surface area (Å²) in [5.74, 6) is 0. The van der Waals surface area contributed by atoms with Crippen molar-refractivity contribution >= 4 is 6.16 Å². The Balaban J connectivity index is 3.70. The molecule has 0 rings (SSSR count). The van der Waals surface area contributed by atoms with Crippen LogP contribution < -0.4 is 0 Å². The minimum Gasteiger partial charge on any atom is -0.450 e. The lowest BCUT2D eigenvalue weighted by Gasteiger charge is -2.17. The maximum atomic E-state index is 10.4. The Kier molecular flexibility index (Phi) is 15.8. The SMILES string of the molecule is CCCCOCCC(COC(=O)O)OCCOCCOCC. The fourth-order valence-corrected chi connectivity index (χ4v) is 1.58. The second-order valence-corrected chi connectivity index (χ2v) is 4.63. The summed E-state index contributed by atoms with van der Waals surface area (Å²) < 4.78 is 26.1. The first-order valence-corrected chi connectivity index (χ1v) is 7.91. The van der Waals surface area contributed by atoms with Gasteiger partial charge in [-0.3, -0.25) is 0 Å². The molecule has 1 atom stereocenters. The van der Waals surface area contributed by atoms with E-state index < -0.39 is 6.16 Å². The molecule has 0 amide bonds. The van der Waals surface area contributed by atoms with Gasteiger partial charge in [-0.1, -0.05) is 13.3 Å². The van der Waals surface area contributed by atoms with Gasteiger partial charge >= 0.3 is 6.16 Å². The molecular weight excluding hydrogens is 292 g/mol. The van der Waals surface area contributed by atoms with Gasteiger partial charge in [-0.25, -0.2) is 4.79 Å². The van der Waals surface area contributed by atoms with Crippen LogP contribution in [0.5, 0.6) is 0 Å². The van der Waals surface area contributed by atoms with Crippen LogP contribution in [-0.2, 0) is 23.7 Å². The summed E-state index contributed by atoms with van der Waals surface area (Å²) in [7, 11) is 0. The number of carboxylic acid groups (broad SMARTS) is 1. The summed E-state index contributed by atoms with van der Waals surface area (Å²) >= 11 is 0. The monoisotopic (exact) mass is 322 g/mol. The molecule has 7 heteroatoms. The second-order valence-electron chi connectivity index (χ2n) is 4.63. The van der Waals surface area contributed by atoms with Crippen molar-refractivity contribution in [3.05, 3.63) is 0 Å². The number of ether oxygens (including phenoxy) is 5. The third kappa shape index (κ3) is 15.5. The maximum Gasteiger partial charge on any atom is 0.505 e. The van der Waals surface area contributed by atoms with Crippen LogP contribution in [0.4, 0.5) is 4.79 Å². The molecule has 0 heterocycles. The molecule has 0 aliphatic heterocycles. The Morgan fingerprint density at radius 3 is 2.32 bits per heavy atom. The highest BCUT2D eigenvalue weighted by Crippen LogP contribution is 2.02. The second kappa shape index (κ2) is 16.5. The van der Waals surface area contributed by atoms with Gasteiger partial charge in [-0.2, -0.15) is 0 Å². The number of rotatable bonds is 16. The van der Waals surface area contributed by atoms with Gasteiger partial charge in [0, 0.05) is 26.2 Å². The van der Waals surface area contributed by atoms with Crippen LogP contribution in [0, 0.1) is 0 Å². The van der Waals surface area contributed by atoms with Crippen LogP contribution in [0.1, 0.15) is 33.1 Å². The van der Waals surface area contributed by atoms with E-state index >= 15 is 0 Å². The lowest BCUT2D eigenvalue weighted by molar-refractivity contribution is -0.0476. The van der Waals surface area contributed by atoms with Gasteiger partial charge in [-0.15, -0.1) is 0 Å². The standard InChI is InChI=1S/C15H30O7/c1-3-5-7-19-8-6-14(13-22-15(16)17)21-12-11-20-10-9-18-4-2/h14H,3-13H2,1-2H3,(H,16,17). The van der Waals surface area contributed by atoms with E-state index in [1.807, 2.05) is 6.92 Å². The van der Waals surface area contributed by atoms with Crippen molar-refractivity contribution < 1.29 is 33.6 Å². The maximum absolute atomic E-state index is 10.4. The average molecular weight is 322 g/mol. The molecule has 1 N–H and O–H groups in total. The van der Waals surface area contributed by atoms with E-state index in [1.165, 1.54) is 0 Å². The molecule has 0 saturated heterocycles. The Bertz CT molecular complexity index is 248. The molecule has 0 aromatic rings.